The van der Waals surface area contributed by atoms with E-state index in [1.54, 1.807) is 0 Å². The first-order chi connectivity index (χ1) is 7.58. The zero-order valence-corrected chi connectivity index (χ0v) is 13.0. The minimum absolute atomic E-state index is 0.170. The number of hydrogen-bond acceptors (Lipinski definition) is 2. The number of amides is 1. The van der Waals surface area contributed by atoms with Crippen LogP contribution in [0.1, 0.15) is 29.4 Å². The zero-order chi connectivity index (χ0) is 11.7. The van der Waals surface area contributed by atoms with Crippen molar-refractivity contribution in [3.8, 4) is 0 Å². The Hall–Kier alpha value is 0.130. The lowest BCUT2D eigenvalue weighted by Gasteiger charge is -2.29. The monoisotopic (exact) mass is 365 g/mol. The summed E-state index contributed by atoms with van der Waals surface area (Å²) >= 11 is 8.33. The van der Waals surface area contributed by atoms with Gasteiger partial charge in [-0.2, -0.15) is 0 Å². The summed E-state index contributed by atoms with van der Waals surface area (Å²) in [6.45, 7) is 4.04. The number of piperidine rings is 1. The zero-order valence-electron chi connectivity index (χ0n) is 9.00. The number of carbonyl (C=O) groups is 1. The van der Waals surface area contributed by atoms with Crippen molar-refractivity contribution in [2.45, 2.75) is 19.8 Å². The van der Waals surface area contributed by atoms with E-state index in [2.05, 4.69) is 38.8 Å². The van der Waals surface area contributed by atoms with Gasteiger partial charge in [0.05, 0.1) is 8.66 Å². The molecule has 0 radical (unpaired) electrons. The van der Waals surface area contributed by atoms with E-state index in [1.165, 1.54) is 11.3 Å². The number of halogens is 2. The molecule has 0 unspecified atom stereocenters. The van der Waals surface area contributed by atoms with Crippen LogP contribution in [0.5, 0.6) is 0 Å². The summed E-state index contributed by atoms with van der Waals surface area (Å²) in [4.78, 5) is 14.9. The molecule has 1 aliphatic rings. The number of carbonyl (C=O) groups excluding carboxylic acids is 1. The molecule has 1 aromatic heterocycles. The van der Waals surface area contributed by atoms with Gasteiger partial charge in [-0.15, -0.1) is 11.3 Å². The quantitative estimate of drug-likeness (QED) is 0.731. The van der Waals surface area contributed by atoms with Gasteiger partial charge < -0.3 is 4.90 Å². The molecule has 0 atom stereocenters. The fourth-order valence-electron chi connectivity index (χ4n) is 1.82. The third-order valence-electron chi connectivity index (χ3n) is 2.93. The summed E-state index contributed by atoms with van der Waals surface area (Å²) in [7, 11) is 0. The van der Waals surface area contributed by atoms with Crippen molar-refractivity contribution in [1.82, 2.24) is 4.90 Å². The summed E-state index contributed by atoms with van der Waals surface area (Å²) in [6.07, 6.45) is 2.25. The van der Waals surface area contributed by atoms with Crippen LogP contribution in [-0.2, 0) is 0 Å². The molecule has 16 heavy (non-hydrogen) atoms. The van der Waals surface area contributed by atoms with E-state index in [0.717, 1.165) is 45.0 Å². The molecule has 0 N–H and O–H groups in total. The molecule has 5 heteroatoms. The fraction of sp³-hybridized carbons (Fsp3) is 0.545. The second kappa shape index (κ2) is 5.19. The highest BCUT2D eigenvalue weighted by Gasteiger charge is 2.23. The summed E-state index contributed by atoms with van der Waals surface area (Å²) in [6, 6.07) is 1.90. The Morgan fingerprint density at radius 1 is 1.44 bits per heavy atom. The third-order valence-corrected chi connectivity index (χ3v) is 6.17. The molecule has 0 spiro atoms. The molecule has 0 saturated carbocycles. The average molecular weight is 367 g/mol. The van der Waals surface area contributed by atoms with Crippen molar-refractivity contribution in [3.63, 3.8) is 0 Å². The number of thiophene rings is 1. The first-order valence-electron chi connectivity index (χ1n) is 5.32. The Morgan fingerprint density at radius 2 is 2.06 bits per heavy atom. The van der Waals surface area contributed by atoms with Crippen molar-refractivity contribution in [2.24, 2.45) is 5.92 Å². The topological polar surface area (TPSA) is 20.3 Å². The van der Waals surface area contributed by atoms with Gasteiger partial charge in [0.25, 0.3) is 5.91 Å². The van der Waals surface area contributed by atoms with Gasteiger partial charge >= 0.3 is 0 Å². The van der Waals surface area contributed by atoms with Gasteiger partial charge in [-0.3, -0.25) is 4.79 Å². The van der Waals surface area contributed by atoms with Crippen molar-refractivity contribution >= 4 is 49.1 Å². The fourth-order valence-corrected chi connectivity index (χ4v) is 3.82. The SMILES string of the molecule is CC1CCN(C(=O)c2cc(Br)c(Br)s2)CC1. The van der Waals surface area contributed by atoms with Gasteiger partial charge in [-0.1, -0.05) is 6.92 Å². The van der Waals surface area contributed by atoms with Crippen molar-refractivity contribution < 1.29 is 4.79 Å². The summed E-state index contributed by atoms with van der Waals surface area (Å²) in [5.74, 6) is 0.925. The molecule has 0 aromatic carbocycles. The van der Waals surface area contributed by atoms with Gasteiger partial charge in [0.1, 0.15) is 0 Å². The molecule has 1 fully saturated rings. The maximum Gasteiger partial charge on any atom is 0.264 e. The molecule has 0 bridgehead atoms. The molecule has 1 aliphatic heterocycles. The van der Waals surface area contributed by atoms with Crippen molar-refractivity contribution in [3.05, 3.63) is 19.2 Å². The van der Waals surface area contributed by atoms with E-state index in [4.69, 9.17) is 0 Å². The van der Waals surface area contributed by atoms with E-state index in [-0.39, 0.29) is 5.91 Å². The molecular formula is C11H13Br2NOS. The van der Waals surface area contributed by atoms with E-state index in [9.17, 15) is 4.79 Å². The van der Waals surface area contributed by atoms with Crippen LogP contribution in [0.2, 0.25) is 0 Å². The normalized spacial score (nSPS) is 17.8. The maximum atomic E-state index is 12.2. The van der Waals surface area contributed by atoms with Crippen LogP contribution in [-0.4, -0.2) is 23.9 Å². The Bertz CT molecular complexity index is 377. The third kappa shape index (κ3) is 2.68. The Kier molecular flexibility index (Phi) is 4.08. The van der Waals surface area contributed by atoms with Crippen LogP contribution in [0.3, 0.4) is 0 Å². The van der Waals surface area contributed by atoms with Gasteiger partial charge in [-0.25, -0.2) is 0 Å². The standard InChI is InChI=1S/C11H13Br2NOS/c1-7-2-4-14(5-3-7)11(15)9-6-8(12)10(13)16-9/h6-7H,2-5H2,1H3. The summed E-state index contributed by atoms with van der Waals surface area (Å²) < 4.78 is 1.95. The van der Waals surface area contributed by atoms with Gasteiger partial charge in [0.2, 0.25) is 0 Å². The van der Waals surface area contributed by atoms with Crippen molar-refractivity contribution in [2.75, 3.05) is 13.1 Å². The molecular weight excluding hydrogens is 354 g/mol. The van der Waals surface area contributed by atoms with Crippen molar-refractivity contribution in [1.29, 1.82) is 0 Å². The van der Waals surface area contributed by atoms with Gasteiger partial charge in [0.15, 0.2) is 0 Å². The minimum atomic E-state index is 0.170. The highest BCUT2D eigenvalue weighted by Crippen LogP contribution is 2.33. The Balaban J connectivity index is 2.07. The lowest BCUT2D eigenvalue weighted by molar-refractivity contribution is 0.0702. The summed E-state index contributed by atoms with van der Waals surface area (Å²) in [5.41, 5.74) is 0. The second-order valence-corrected chi connectivity index (χ2v) is 7.43. The number of hydrogen-bond donors (Lipinski definition) is 0. The predicted octanol–water partition coefficient (Wildman–Crippen LogP) is 4.15. The lowest BCUT2D eigenvalue weighted by Crippen LogP contribution is -2.37. The number of nitrogens with zero attached hydrogens (tertiary/aromatic N) is 1. The molecule has 2 heterocycles. The van der Waals surface area contributed by atoms with Crippen LogP contribution in [0.4, 0.5) is 0 Å². The Morgan fingerprint density at radius 3 is 2.56 bits per heavy atom. The minimum Gasteiger partial charge on any atom is -0.338 e. The largest absolute Gasteiger partial charge is 0.338 e. The van der Waals surface area contributed by atoms with Crippen LogP contribution >= 0.6 is 43.2 Å². The maximum absolute atomic E-state index is 12.2. The molecule has 1 amide bonds. The first kappa shape index (κ1) is 12.6. The van der Waals surface area contributed by atoms with Crippen LogP contribution < -0.4 is 0 Å². The molecule has 1 saturated heterocycles. The van der Waals surface area contributed by atoms with Crippen LogP contribution in [0.25, 0.3) is 0 Å². The molecule has 0 aliphatic carbocycles. The second-order valence-electron chi connectivity index (χ2n) is 4.21. The number of likely N-dealkylation sites (tertiary alicyclic amines) is 1. The average Bonchev–Trinajstić information content (AvgIpc) is 2.59. The van der Waals surface area contributed by atoms with E-state index in [0.29, 0.717) is 0 Å². The van der Waals surface area contributed by atoms with Gasteiger partial charge in [-0.05, 0) is 56.7 Å². The molecule has 88 valence electrons. The highest BCUT2D eigenvalue weighted by molar-refractivity contribution is 9.13. The predicted molar refractivity (Wildman–Crippen MR) is 74.0 cm³/mol. The molecule has 2 nitrogen and oxygen atoms in total. The van der Waals surface area contributed by atoms with Crippen LogP contribution in [0.15, 0.2) is 14.3 Å². The Labute approximate surface area is 116 Å². The molecule has 1 aromatic rings. The number of rotatable bonds is 1. The van der Waals surface area contributed by atoms with E-state index in [1.807, 2.05) is 11.0 Å². The first-order valence-corrected chi connectivity index (χ1v) is 7.72. The van der Waals surface area contributed by atoms with Gasteiger partial charge in [0, 0.05) is 17.6 Å². The van der Waals surface area contributed by atoms with E-state index < -0.39 is 0 Å². The van der Waals surface area contributed by atoms with Crippen LogP contribution in [0, 0.1) is 5.92 Å². The summed E-state index contributed by atoms with van der Waals surface area (Å²) in [5, 5.41) is 0. The lowest BCUT2D eigenvalue weighted by atomic mass is 9.99. The van der Waals surface area contributed by atoms with E-state index >= 15 is 0 Å². The smallest absolute Gasteiger partial charge is 0.264 e. The highest BCUT2D eigenvalue weighted by atomic mass is 79.9. The molecule has 2 rings (SSSR count).